The van der Waals surface area contributed by atoms with E-state index in [1.807, 2.05) is 0 Å². The summed E-state index contributed by atoms with van der Waals surface area (Å²) in [6.45, 7) is 0.222. The zero-order valence-electron chi connectivity index (χ0n) is 12.0. The van der Waals surface area contributed by atoms with Crippen molar-refractivity contribution < 1.29 is 27.4 Å². The number of halogens is 3. The number of nitrogens with zero attached hydrogens (tertiary/aromatic N) is 2. The Balaban J connectivity index is 2.62. The number of hydrogen-bond donors (Lipinski definition) is 0. The lowest BCUT2D eigenvalue weighted by molar-refractivity contribution is -0.142. The fourth-order valence-electron chi connectivity index (χ4n) is 1.58. The molecule has 1 aromatic heterocycles. The second kappa shape index (κ2) is 7.37. The van der Waals surface area contributed by atoms with Gasteiger partial charge < -0.3 is 14.4 Å². The average molecular weight is 306 g/mol. The minimum absolute atomic E-state index is 0.0399. The fraction of sp³-hybridized carbons (Fsp3) is 0.538. The minimum Gasteiger partial charge on any atom is -0.354 e. The van der Waals surface area contributed by atoms with Gasteiger partial charge in [-0.2, -0.15) is 13.2 Å². The van der Waals surface area contributed by atoms with Gasteiger partial charge >= 0.3 is 6.18 Å². The smallest absolute Gasteiger partial charge is 0.354 e. The standard InChI is InChI=1S/C13H17F3N2O3/c1-18(8-12(20-2)21-3)11(19)6-9-4-5-10(17-7-9)13(14,15)16/h4-5,7,12H,6,8H2,1-3H3. The monoisotopic (exact) mass is 306 g/mol. The molecule has 1 aromatic rings. The number of aromatic nitrogens is 1. The van der Waals surface area contributed by atoms with Gasteiger partial charge in [0.05, 0.1) is 13.0 Å². The molecule has 0 aromatic carbocycles. The third-order valence-corrected chi connectivity index (χ3v) is 2.84. The van der Waals surface area contributed by atoms with E-state index < -0.39 is 18.2 Å². The maximum Gasteiger partial charge on any atom is 0.433 e. The third-order valence-electron chi connectivity index (χ3n) is 2.84. The van der Waals surface area contributed by atoms with E-state index in [2.05, 4.69) is 4.98 Å². The summed E-state index contributed by atoms with van der Waals surface area (Å²) in [5.74, 6) is -0.268. The molecule has 8 heteroatoms. The SMILES string of the molecule is COC(CN(C)C(=O)Cc1ccc(C(F)(F)F)nc1)OC. The number of ether oxygens (including phenoxy) is 2. The van der Waals surface area contributed by atoms with Gasteiger partial charge in [0.15, 0.2) is 6.29 Å². The van der Waals surface area contributed by atoms with Crippen LogP contribution in [0.5, 0.6) is 0 Å². The van der Waals surface area contributed by atoms with E-state index in [1.54, 1.807) is 7.05 Å². The van der Waals surface area contributed by atoms with Crippen LogP contribution in [0.1, 0.15) is 11.3 Å². The van der Waals surface area contributed by atoms with Crippen LogP contribution >= 0.6 is 0 Å². The van der Waals surface area contributed by atoms with Gasteiger partial charge in [-0.25, -0.2) is 0 Å². The molecule has 0 saturated carbocycles. The first-order valence-electron chi connectivity index (χ1n) is 6.09. The van der Waals surface area contributed by atoms with Gasteiger partial charge in [0, 0.05) is 27.5 Å². The predicted molar refractivity (Wildman–Crippen MR) is 68.4 cm³/mol. The van der Waals surface area contributed by atoms with Gasteiger partial charge in [0.25, 0.3) is 0 Å². The summed E-state index contributed by atoms with van der Waals surface area (Å²) in [4.78, 5) is 16.6. The van der Waals surface area contributed by atoms with Crippen molar-refractivity contribution in [2.45, 2.75) is 18.9 Å². The van der Waals surface area contributed by atoms with Crippen molar-refractivity contribution >= 4 is 5.91 Å². The Hall–Kier alpha value is -1.67. The summed E-state index contributed by atoms with van der Waals surface area (Å²) in [5, 5.41) is 0. The van der Waals surface area contributed by atoms with E-state index >= 15 is 0 Å². The maximum absolute atomic E-state index is 12.4. The zero-order chi connectivity index (χ0) is 16.0. The predicted octanol–water partition coefficient (Wildman–Crippen LogP) is 1.72. The highest BCUT2D eigenvalue weighted by atomic mass is 19.4. The van der Waals surface area contributed by atoms with Crippen molar-refractivity contribution in [2.24, 2.45) is 0 Å². The van der Waals surface area contributed by atoms with E-state index in [9.17, 15) is 18.0 Å². The van der Waals surface area contributed by atoms with Gasteiger partial charge in [-0.15, -0.1) is 0 Å². The van der Waals surface area contributed by atoms with E-state index in [4.69, 9.17) is 9.47 Å². The van der Waals surface area contributed by atoms with Crippen LogP contribution in [0.4, 0.5) is 13.2 Å². The molecular weight excluding hydrogens is 289 g/mol. The van der Waals surface area contributed by atoms with Gasteiger partial charge in [-0.3, -0.25) is 9.78 Å². The molecule has 0 aliphatic heterocycles. The lowest BCUT2D eigenvalue weighted by Gasteiger charge is -2.22. The van der Waals surface area contributed by atoms with E-state index in [-0.39, 0.29) is 18.9 Å². The number of alkyl halides is 3. The van der Waals surface area contributed by atoms with Crippen molar-refractivity contribution in [1.82, 2.24) is 9.88 Å². The molecule has 1 heterocycles. The van der Waals surface area contributed by atoms with Crippen LogP contribution in [0.2, 0.25) is 0 Å². The second-order valence-corrected chi connectivity index (χ2v) is 4.40. The number of rotatable bonds is 6. The number of hydrogen-bond acceptors (Lipinski definition) is 4. The first-order chi connectivity index (χ1) is 9.77. The molecule has 118 valence electrons. The summed E-state index contributed by atoms with van der Waals surface area (Å²) in [6, 6.07) is 2.10. The largest absolute Gasteiger partial charge is 0.433 e. The topological polar surface area (TPSA) is 51.7 Å². The van der Waals surface area contributed by atoms with Crippen molar-refractivity contribution in [3.05, 3.63) is 29.6 Å². The highest BCUT2D eigenvalue weighted by molar-refractivity contribution is 5.78. The van der Waals surface area contributed by atoms with Gasteiger partial charge in [-0.1, -0.05) is 6.07 Å². The zero-order valence-corrected chi connectivity index (χ0v) is 12.0. The molecule has 0 saturated heterocycles. The Morgan fingerprint density at radius 2 is 1.95 bits per heavy atom. The molecule has 0 radical (unpaired) electrons. The fourth-order valence-corrected chi connectivity index (χ4v) is 1.58. The van der Waals surface area contributed by atoms with E-state index in [0.29, 0.717) is 5.56 Å². The van der Waals surface area contributed by atoms with E-state index in [1.165, 1.54) is 25.2 Å². The molecule has 0 fully saturated rings. The van der Waals surface area contributed by atoms with Gasteiger partial charge in [0.1, 0.15) is 5.69 Å². The van der Waals surface area contributed by atoms with Crippen LogP contribution in [0.15, 0.2) is 18.3 Å². The summed E-state index contributed by atoms with van der Waals surface area (Å²) < 4.78 is 47.0. The highest BCUT2D eigenvalue weighted by Gasteiger charge is 2.32. The summed E-state index contributed by atoms with van der Waals surface area (Å²) in [7, 11) is 4.46. The number of carbonyl (C=O) groups excluding carboxylic acids is 1. The molecule has 5 nitrogen and oxygen atoms in total. The van der Waals surface area contributed by atoms with Crippen molar-refractivity contribution in [3.63, 3.8) is 0 Å². The maximum atomic E-state index is 12.4. The van der Waals surface area contributed by atoms with Crippen LogP contribution in [0.3, 0.4) is 0 Å². The molecule has 0 spiro atoms. The highest BCUT2D eigenvalue weighted by Crippen LogP contribution is 2.27. The van der Waals surface area contributed by atoms with Crippen LogP contribution in [0.25, 0.3) is 0 Å². The molecule has 0 aliphatic carbocycles. The lowest BCUT2D eigenvalue weighted by atomic mass is 10.2. The molecule has 0 unspecified atom stereocenters. The van der Waals surface area contributed by atoms with Crippen LogP contribution in [0, 0.1) is 0 Å². The molecule has 0 atom stereocenters. The number of amides is 1. The minimum atomic E-state index is -4.48. The first kappa shape index (κ1) is 17.4. The molecule has 0 bridgehead atoms. The molecular formula is C13H17F3N2O3. The van der Waals surface area contributed by atoms with Gasteiger partial charge in [-0.05, 0) is 11.6 Å². The Bertz CT molecular complexity index is 459. The van der Waals surface area contributed by atoms with E-state index in [0.717, 1.165) is 12.3 Å². The Labute approximate surface area is 120 Å². The third kappa shape index (κ3) is 5.31. The van der Waals surface area contributed by atoms with Crippen molar-refractivity contribution in [1.29, 1.82) is 0 Å². The van der Waals surface area contributed by atoms with Gasteiger partial charge in [0.2, 0.25) is 5.91 Å². The normalized spacial score (nSPS) is 11.8. The van der Waals surface area contributed by atoms with Crippen LogP contribution in [-0.4, -0.2) is 49.9 Å². The second-order valence-electron chi connectivity index (χ2n) is 4.40. The Kier molecular flexibility index (Phi) is 6.10. The quantitative estimate of drug-likeness (QED) is 0.751. The van der Waals surface area contributed by atoms with Crippen LogP contribution < -0.4 is 0 Å². The summed E-state index contributed by atoms with van der Waals surface area (Å²) in [6.07, 6.45) is -4.02. The number of likely N-dealkylation sites (N-methyl/N-ethyl adjacent to an activating group) is 1. The molecule has 1 amide bonds. The van der Waals surface area contributed by atoms with Crippen LogP contribution in [-0.2, 0) is 26.9 Å². The molecule has 1 rings (SSSR count). The lowest BCUT2D eigenvalue weighted by Crippen LogP contribution is -2.36. The Morgan fingerprint density at radius 1 is 1.33 bits per heavy atom. The van der Waals surface area contributed by atoms with Crippen molar-refractivity contribution in [2.75, 3.05) is 27.8 Å². The Morgan fingerprint density at radius 3 is 2.38 bits per heavy atom. The number of carbonyl (C=O) groups is 1. The number of methoxy groups -OCH3 is 2. The first-order valence-corrected chi connectivity index (χ1v) is 6.09. The molecule has 21 heavy (non-hydrogen) atoms. The summed E-state index contributed by atoms with van der Waals surface area (Å²) in [5.41, 5.74) is -0.572. The number of pyridine rings is 1. The molecule has 0 aliphatic rings. The van der Waals surface area contributed by atoms with Crippen molar-refractivity contribution in [3.8, 4) is 0 Å². The molecule has 0 N–H and O–H groups in total. The summed E-state index contributed by atoms with van der Waals surface area (Å²) >= 11 is 0. The average Bonchev–Trinajstić information content (AvgIpc) is 2.44.